The van der Waals surface area contributed by atoms with E-state index >= 15 is 0 Å². The van der Waals surface area contributed by atoms with Crippen molar-refractivity contribution in [2.75, 3.05) is 12.3 Å². The molecule has 2 aromatic rings. The van der Waals surface area contributed by atoms with E-state index in [0.29, 0.717) is 18.7 Å². The number of nitrogens with one attached hydrogen (secondary N) is 1. The number of hydrogen-bond acceptors (Lipinski definition) is 6. The summed E-state index contributed by atoms with van der Waals surface area (Å²) in [5.74, 6) is -0.161. The van der Waals surface area contributed by atoms with Crippen LogP contribution in [0.25, 0.3) is 0 Å². The van der Waals surface area contributed by atoms with Gasteiger partial charge in [-0.3, -0.25) is 0 Å². The molecule has 1 aliphatic heterocycles. The number of hydrogen-bond donors (Lipinski definition) is 1. The number of likely N-dealkylation sites (tertiary alicyclic amines) is 1. The number of benzene rings is 1. The molecule has 0 unspecified atom stereocenters. The lowest BCUT2D eigenvalue weighted by Crippen LogP contribution is -2.48. The fourth-order valence-corrected chi connectivity index (χ4v) is 4.38. The van der Waals surface area contributed by atoms with Crippen LogP contribution in [0.5, 0.6) is 0 Å². The summed E-state index contributed by atoms with van der Waals surface area (Å²) in [5, 5.41) is 0. The van der Waals surface area contributed by atoms with E-state index in [0.717, 1.165) is 18.4 Å². The van der Waals surface area contributed by atoms with Gasteiger partial charge >= 0.3 is 6.09 Å². The standard InChI is InChI=1S/C18H23N3O5S/c22-18(26-11-15-6-2-1-3-7-15)21-9-5-4-8-17(21)13-27(23,24)20-10-16-12-25-14-19-16/h1-3,6-7,12,14,17,20H,4-5,8-11,13H2/t17-/m1/s1. The van der Waals surface area contributed by atoms with Crippen molar-refractivity contribution in [2.45, 2.75) is 38.5 Å². The van der Waals surface area contributed by atoms with Crippen LogP contribution in [-0.4, -0.2) is 42.7 Å². The lowest BCUT2D eigenvalue weighted by Gasteiger charge is -2.34. The fraction of sp³-hybridized carbons (Fsp3) is 0.444. The SMILES string of the molecule is O=C(OCc1ccccc1)N1CCCC[C@@H]1CS(=O)(=O)NCc1cocn1. The van der Waals surface area contributed by atoms with Crippen molar-refractivity contribution in [3.63, 3.8) is 0 Å². The number of aromatic nitrogens is 1. The van der Waals surface area contributed by atoms with Crippen LogP contribution >= 0.6 is 0 Å². The first kappa shape index (κ1) is 19.4. The van der Waals surface area contributed by atoms with Crippen LogP contribution in [0.2, 0.25) is 0 Å². The lowest BCUT2D eigenvalue weighted by molar-refractivity contribution is 0.0727. The number of rotatable bonds is 7. The second kappa shape index (κ2) is 9.01. The highest BCUT2D eigenvalue weighted by Crippen LogP contribution is 2.20. The van der Waals surface area contributed by atoms with Gasteiger partial charge in [0.1, 0.15) is 12.9 Å². The molecule has 1 atom stereocenters. The maximum Gasteiger partial charge on any atom is 0.410 e. The lowest BCUT2D eigenvalue weighted by atomic mass is 10.0. The highest BCUT2D eigenvalue weighted by molar-refractivity contribution is 7.89. The predicted molar refractivity (Wildman–Crippen MR) is 98.1 cm³/mol. The number of sulfonamides is 1. The van der Waals surface area contributed by atoms with Crippen LogP contribution < -0.4 is 4.72 Å². The summed E-state index contributed by atoms with van der Waals surface area (Å²) in [6.45, 7) is 0.723. The molecule has 8 nitrogen and oxygen atoms in total. The summed E-state index contributed by atoms with van der Waals surface area (Å²) in [4.78, 5) is 17.9. The molecule has 0 radical (unpaired) electrons. The van der Waals surface area contributed by atoms with E-state index in [1.54, 1.807) is 0 Å². The van der Waals surface area contributed by atoms with E-state index in [4.69, 9.17) is 9.15 Å². The first-order valence-electron chi connectivity index (χ1n) is 8.85. The maximum atomic E-state index is 12.5. The molecule has 1 amide bonds. The van der Waals surface area contributed by atoms with E-state index in [1.807, 2.05) is 30.3 Å². The normalized spacial score (nSPS) is 17.6. The van der Waals surface area contributed by atoms with E-state index in [1.165, 1.54) is 17.6 Å². The zero-order chi connectivity index (χ0) is 19.1. The van der Waals surface area contributed by atoms with E-state index in [2.05, 4.69) is 9.71 Å². The minimum Gasteiger partial charge on any atom is -0.451 e. The van der Waals surface area contributed by atoms with Gasteiger partial charge in [-0.1, -0.05) is 30.3 Å². The van der Waals surface area contributed by atoms with Gasteiger partial charge in [-0.25, -0.2) is 22.9 Å². The Hall–Kier alpha value is -2.39. The average molecular weight is 393 g/mol. The Bertz CT molecular complexity index is 824. The Morgan fingerprint density at radius 1 is 1.30 bits per heavy atom. The molecule has 3 rings (SSSR count). The first-order chi connectivity index (χ1) is 13.0. The van der Waals surface area contributed by atoms with E-state index in [-0.39, 0.29) is 18.9 Å². The topological polar surface area (TPSA) is 102 Å². The summed E-state index contributed by atoms with van der Waals surface area (Å²) in [6.07, 6.45) is 4.50. The van der Waals surface area contributed by atoms with Crippen molar-refractivity contribution in [1.82, 2.24) is 14.6 Å². The molecule has 1 aliphatic rings. The van der Waals surface area contributed by atoms with Gasteiger partial charge in [-0.05, 0) is 24.8 Å². The summed E-state index contributed by atoms with van der Waals surface area (Å²) in [6, 6.07) is 8.98. The van der Waals surface area contributed by atoms with Gasteiger partial charge in [0.25, 0.3) is 0 Å². The molecule has 0 saturated carbocycles. The highest BCUT2D eigenvalue weighted by atomic mass is 32.2. The van der Waals surface area contributed by atoms with Gasteiger partial charge in [0, 0.05) is 6.54 Å². The second-order valence-electron chi connectivity index (χ2n) is 6.47. The van der Waals surface area contributed by atoms with Crippen molar-refractivity contribution in [3.8, 4) is 0 Å². The van der Waals surface area contributed by atoms with Crippen molar-refractivity contribution in [3.05, 3.63) is 54.2 Å². The van der Waals surface area contributed by atoms with Crippen molar-refractivity contribution >= 4 is 16.1 Å². The Morgan fingerprint density at radius 2 is 2.11 bits per heavy atom. The predicted octanol–water partition coefficient (Wildman–Crippen LogP) is 2.29. The largest absolute Gasteiger partial charge is 0.451 e. The fourth-order valence-electron chi connectivity index (χ4n) is 3.04. The number of ether oxygens (including phenoxy) is 1. The maximum absolute atomic E-state index is 12.5. The molecule has 9 heteroatoms. The van der Waals surface area contributed by atoms with Gasteiger partial charge in [0.05, 0.1) is 24.0 Å². The van der Waals surface area contributed by atoms with Crippen molar-refractivity contribution in [1.29, 1.82) is 0 Å². The summed E-state index contributed by atoms with van der Waals surface area (Å²) < 4.78 is 37.5. The molecule has 2 heterocycles. The summed E-state index contributed by atoms with van der Waals surface area (Å²) in [7, 11) is -3.57. The first-order valence-corrected chi connectivity index (χ1v) is 10.5. The molecule has 1 saturated heterocycles. The van der Waals surface area contributed by atoms with Gasteiger partial charge in [-0.2, -0.15) is 0 Å². The quantitative estimate of drug-likeness (QED) is 0.774. The number of oxazole rings is 1. The number of amides is 1. The third kappa shape index (κ3) is 5.80. The minimum absolute atomic E-state index is 0.0595. The molecule has 1 aromatic carbocycles. The molecule has 0 spiro atoms. The molecule has 0 aliphatic carbocycles. The molecular formula is C18H23N3O5S. The summed E-state index contributed by atoms with van der Waals surface area (Å²) >= 11 is 0. The molecule has 1 aromatic heterocycles. The monoisotopic (exact) mass is 393 g/mol. The average Bonchev–Trinajstić information content (AvgIpc) is 3.19. The Labute approximate surface area is 158 Å². The van der Waals surface area contributed by atoms with E-state index in [9.17, 15) is 13.2 Å². The van der Waals surface area contributed by atoms with Crippen LogP contribution in [-0.2, 0) is 27.9 Å². The number of carbonyl (C=O) groups is 1. The second-order valence-corrected chi connectivity index (χ2v) is 8.32. The van der Waals surface area contributed by atoms with Crippen LogP contribution in [0.3, 0.4) is 0 Å². The minimum atomic E-state index is -3.57. The van der Waals surface area contributed by atoms with E-state index < -0.39 is 22.2 Å². The van der Waals surface area contributed by atoms with Crippen LogP contribution in [0, 0.1) is 0 Å². The number of piperidine rings is 1. The zero-order valence-corrected chi connectivity index (χ0v) is 15.7. The Balaban J connectivity index is 1.56. The molecule has 1 N–H and O–H groups in total. The highest BCUT2D eigenvalue weighted by Gasteiger charge is 2.31. The van der Waals surface area contributed by atoms with Gasteiger partial charge in [-0.15, -0.1) is 0 Å². The van der Waals surface area contributed by atoms with Gasteiger partial charge in [0.15, 0.2) is 6.39 Å². The smallest absolute Gasteiger partial charge is 0.410 e. The number of nitrogens with zero attached hydrogens (tertiary/aromatic N) is 2. The van der Waals surface area contributed by atoms with Crippen molar-refractivity contribution in [2.24, 2.45) is 0 Å². The zero-order valence-electron chi connectivity index (χ0n) is 14.9. The molecular weight excluding hydrogens is 370 g/mol. The Kier molecular flexibility index (Phi) is 6.46. The third-order valence-electron chi connectivity index (χ3n) is 4.44. The molecule has 0 bridgehead atoms. The van der Waals surface area contributed by atoms with Gasteiger partial charge in [0.2, 0.25) is 10.0 Å². The molecule has 146 valence electrons. The molecule has 1 fully saturated rings. The van der Waals surface area contributed by atoms with Crippen LogP contribution in [0.1, 0.15) is 30.5 Å². The van der Waals surface area contributed by atoms with Crippen LogP contribution in [0.4, 0.5) is 4.79 Å². The van der Waals surface area contributed by atoms with Gasteiger partial charge < -0.3 is 14.1 Å². The third-order valence-corrected chi connectivity index (χ3v) is 5.84. The summed E-state index contributed by atoms with van der Waals surface area (Å²) in [5.41, 5.74) is 1.39. The molecule has 27 heavy (non-hydrogen) atoms. The van der Waals surface area contributed by atoms with Crippen LogP contribution in [0.15, 0.2) is 47.4 Å². The Morgan fingerprint density at radius 3 is 2.85 bits per heavy atom. The van der Waals surface area contributed by atoms with Crippen molar-refractivity contribution < 1.29 is 22.4 Å². The number of carbonyl (C=O) groups excluding carboxylic acids is 1.